The van der Waals surface area contributed by atoms with Gasteiger partial charge < -0.3 is 5.11 Å². The van der Waals surface area contributed by atoms with Gasteiger partial charge in [0, 0.05) is 0 Å². The molecule has 0 aromatic heterocycles. The second kappa shape index (κ2) is 19.2. The summed E-state index contributed by atoms with van der Waals surface area (Å²) in [5.74, 6) is 0. The van der Waals surface area contributed by atoms with Gasteiger partial charge in [0.05, 0.1) is 6.10 Å². The van der Waals surface area contributed by atoms with Crippen molar-refractivity contribution in [3.63, 3.8) is 0 Å². The van der Waals surface area contributed by atoms with E-state index in [1.165, 1.54) is 47.9 Å². The van der Waals surface area contributed by atoms with Gasteiger partial charge in [-0.3, -0.25) is 0 Å². The quantitative estimate of drug-likeness (QED) is 0.523. The second-order valence-corrected chi connectivity index (χ2v) is 7.01. The zero-order valence-corrected chi connectivity index (χ0v) is 17.2. The molecule has 156 valence electrons. The first-order chi connectivity index (χ1) is 11.8. The minimum Gasteiger partial charge on any atom is -0.393 e. The molecule has 1 atom stereocenters. The van der Waals surface area contributed by atoms with E-state index in [1.807, 2.05) is 6.92 Å². The van der Waals surface area contributed by atoms with Crippen molar-refractivity contribution in [2.24, 2.45) is 0 Å². The highest BCUT2D eigenvalue weighted by Crippen LogP contribution is 2.04. The van der Waals surface area contributed by atoms with Gasteiger partial charge in [0.1, 0.15) is 0 Å². The Kier molecular flexibility index (Phi) is 21.4. The third kappa shape index (κ3) is 20.6. The molecule has 2 aromatic carbocycles. The predicted octanol–water partition coefficient (Wildman–Crippen LogP) is 8.22. The van der Waals surface area contributed by atoms with Gasteiger partial charge in [-0.1, -0.05) is 118 Å². The van der Waals surface area contributed by atoms with E-state index < -0.39 is 0 Å². The first-order valence-electron chi connectivity index (χ1n) is 9.59. The fourth-order valence-electron chi connectivity index (χ4n) is 2.14. The largest absolute Gasteiger partial charge is 0.393 e. The van der Waals surface area contributed by atoms with E-state index in [-0.39, 0.29) is 21.0 Å². The van der Waals surface area contributed by atoms with Crippen LogP contribution in [0.4, 0.5) is 0 Å². The molecule has 0 amide bonds. The van der Waals surface area contributed by atoms with Gasteiger partial charge in [0.2, 0.25) is 0 Å². The van der Waals surface area contributed by atoms with Crippen LogP contribution >= 0.6 is 0 Å². The molecule has 1 N–H and O–H groups in total. The highest BCUT2D eigenvalue weighted by molar-refractivity contribution is 5.20. The first kappa shape index (κ1) is 30.1. The average Bonchev–Trinajstić information content (AvgIpc) is 2.58. The van der Waals surface area contributed by atoms with Crippen LogP contribution in [-0.4, -0.2) is 11.2 Å². The summed E-state index contributed by atoms with van der Waals surface area (Å²) in [4.78, 5) is 0. The third-order valence-electron chi connectivity index (χ3n) is 3.91. The molecule has 0 aliphatic carbocycles. The molecule has 1 heteroatoms. The molecule has 0 radical (unpaired) electrons. The predicted molar refractivity (Wildman–Crippen MR) is 126 cm³/mol. The molecule has 0 aliphatic rings. The smallest absolute Gasteiger partial charge is 0.0512 e. The number of benzene rings is 2. The molecule has 27 heavy (non-hydrogen) atoms. The number of aliphatic hydroxyl groups is 1. The Morgan fingerprint density at radius 3 is 1.15 bits per heavy atom. The SMILES string of the molecule is C.C.CCCCCCC(C)O.Cc1ccc(C)cc1.Cc1ccc(C)cc1. The van der Waals surface area contributed by atoms with Gasteiger partial charge >= 0.3 is 0 Å². The van der Waals surface area contributed by atoms with E-state index in [0.717, 1.165) is 6.42 Å². The first-order valence-corrected chi connectivity index (χ1v) is 9.59. The number of unbranched alkanes of at least 4 members (excludes halogenated alkanes) is 3. The maximum Gasteiger partial charge on any atom is 0.0512 e. The average molecular weight is 375 g/mol. The molecule has 0 fully saturated rings. The maximum absolute atomic E-state index is 8.85. The van der Waals surface area contributed by atoms with E-state index in [4.69, 9.17) is 5.11 Å². The van der Waals surface area contributed by atoms with E-state index in [9.17, 15) is 0 Å². The number of hydrogen-bond donors (Lipinski definition) is 1. The summed E-state index contributed by atoms with van der Waals surface area (Å²) >= 11 is 0. The highest BCUT2D eigenvalue weighted by Gasteiger charge is 1.93. The Balaban J connectivity index is -0.000000309. The van der Waals surface area contributed by atoms with Crippen molar-refractivity contribution in [1.29, 1.82) is 0 Å². The van der Waals surface area contributed by atoms with Crippen LogP contribution in [0.15, 0.2) is 48.5 Å². The minimum atomic E-state index is -0.0955. The topological polar surface area (TPSA) is 20.2 Å². The Morgan fingerprint density at radius 1 is 0.630 bits per heavy atom. The van der Waals surface area contributed by atoms with Crippen LogP contribution in [0.3, 0.4) is 0 Å². The van der Waals surface area contributed by atoms with Crippen molar-refractivity contribution >= 4 is 0 Å². The molecule has 1 nitrogen and oxygen atoms in total. The Morgan fingerprint density at radius 2 is 0.926 bits per heavy atom. The molecular formula is C26H46O. The number of rotatable bonds is 5. The molecule has 0 saturated heterocycles. The molecular weight excluding hydrogens is 328 g/mol. The van der Waals surface area contributed by atoms with Crippen LogP contribution in [0.5, 0.6) is 0 Å². The maximum atomic E-state index is 8.85. The minimum absolute atomic E-state index is 0. The van der Waals surface area contributed by atoms with Crippen molar-refractivity contribution < 1.29 is 5.11 Å². The summed E-state index contributed by atoms with van der Waals surface area (Å²) in [6, 6.07) is 17.0. The van der Waals surface area contributed by atoms with Crippen molar-refractivity contribution in [1.82, 2.24) is 0 Å². The normalized spacial score (nSPS) is 10.0. The van der Waals surface area contributed by atoms with E-state index in [2.05, 4.69) is 83.1 Å². The lowest BCUT2D eigenvalue weighted by molar-refractivity contribution is 0.180. The molecule has 0 heterocycles. The van der Waals surface area contributed by atoms with Gasteiger partial charge in [-0.2, -0.15) is 0 Å². The number of aryl methyl sites for hydroxylation is 4. The highest BCUT2D eigenvalue weighted by atomic mass is 16.3. The lowest BCUT2D eigenvalue weighted by Crippen LogP contribution is -1.97. The zero-order valence-electron chi connectivity index (χ0n) is 17.2. The number of aliphatic hydroxyl groups excluding tert-OH is 1. The lowest BCUT2D eigenvalue weighted by Gasteiger charge is -2.01. The lowest BCUT2D eigenvalue weighted by atomic mass is 10.1. The van der Waals surface area contributed by atoms with Crippen LogP contribution < -0.4 is 0 Å². The third-order valence-corrected chi connectivity index (χ3v) is 3.91. The molecule has 2 rings (SSSR count). The Hall–Kier alpha value is -1.60. The van der Waals surface area contributed by atoms with Crippen LogP contribution in [0.2, 0.25) is 0 Å². The second-order valence-electron chi connectivity index (χ2n) is 7.01. The molecule has 0 spiro atoms. The molecule has 2 aromatic rings. The van der Waals surface area contributed by atoms with Gasteiger partial charge in [-0.05, 0) is 41.0 Å². The fraction of sp³-hybridized carbons (Fsp3) is 0.538. The Labute approximate surface area is 170 Å². The van der Waals surface area contributed by atoms with Crippen molar-refractivity contribution in [3.05, 3.63) is 70.8 Å². The van der Waals surface area contributed by atoms with Gasteiger partial charge in [0.25, 0.3) is 0 Å². The van der Waals surface area contributed by atoms with Crippen molar-refractivity contribution in [2.45, 2.75) is 94.6 Å². The summed E-state index contributed by atoms with van der Waals surface area (Å²) in [5, 5.41) is 8.85. The van der Waals surface area contributed by atoms with Gasteiger partial charge in [-0.15, -0.1) is 0 Å². The molecule has 0 saturated carbocycles. The zero-order chi connectivity index (χ0) is 19.1. The molecule has 0 aliphatic heterocycles. The van der Waals surface area contributed by atoms with Crippen LogP contribution in [-0.2, 0) is 0 Å². The number of hydrogen-bond acceptors (Lipinski definition) is 1. The van der Waals surface area contributed by atoms with Crippen LogP contribution in [0, 0.1) is 27.7 Å². The van der Waals surface area contributed by atoms with Crippen molar-refractivity contribution in [2.75, 3.05) is 0 Å². The van der Waals surface area contributed by atoms with Crippen molar-refractivity contribution in [3.8, 4) is 0 Å². The monoisotopic (exact) mass is 374 g/mol. The van der Waals surface area contributed by atoms with Crippen LogP contribution in [0.25, 0.3) is 0 Å². The van der Waals surface area contributed by atoms with Crippen LogP contribution in [0.1, 0.15) is 83.1 Å². The van der Waals surface area contributed by atoms with Gasteiger partial charge in [0.15, 0.2) is 0 Å². The van der Waals surface area contributed by atoms with E-state index >= 15 is 0 Å². The van der Waals surface area contributed by atoms with E-state index in [0.29, 0.717) is 0 Å². The standard InChI is InChI=1S/C8H18O.2C8H10.2CH4/c1-3-4-5-6-7-8(2)9;2*1-7-3-5-8(2)6-4-7;;/h8-9H,3-7H2,1-2H3;2*3-6H,1-2H3;2*1H4. The fourth-order valence-corrected chi connectivity index (χ4v) is 2.14. The summed E-state index contributed by atoms with van der Waals surface area (Å²) in [6.07, 6.45) is 5.93. The summed E-state index contributed by atoms with van der Waals surface area (Å²) in [5.41, 5.74) is 5.32. The summed E-state index contributed by atoms with van der Waals surface area (Å²) in [6.45, 7) is 12.4. The van der Waals surface area contributed by atoms with E-state index in [1.54, 1.807) is 0 Å². The van der Waals surface area contributed by atoms with Gasteiger partial charge in [-0.25, -0.2) is 0 Å². The molecule has 0 bridgehead atoms. The summed E-state index contributed by atoms with van der Waals surface area (Å²) in [7, 11) is 0. The summed E-state index contributed by atoms with van der Waals surface area (Å²) < 4.78 is 0. The molecule has 1 unspecified atom stereocenters. The Bertz CT molecular complexity index is 438.